The van der Waals surface area contributed by atoms with Gasteiger partial charge in [-0.25, -0.2) is 9.03 Å². The molecule has 0 bridgehead atoms. The second kappa shape index (κ2) is 13.9. The Labute approximate surface area is 287 Å². The maximum Gasteiger partial charge on any atom is 0.275 e. The summed E-state index contributed by atoms with van der Waals surface area (Å²) in [5, 5.41) is 23.9. The second-order valence-corrected chi connectivity index (χ2v) is 13.9. The number of para-hydroxylation sites is 2. The molecule has 2 aliphatic rings. The van der Waals surface area contributed by atoms with Crippen LogP contribution < -0.4 is 10.6 Å². The zero-order chi connectivity index (χ0) is 33.2. The third-order valence-corrected chi connectivity index (χ3v) is 10.7. The quantitative estimate of drug-likeness (QED) is 0.245. The zero-order valence-electron chi connectivity index (χ0n) is 27.1. The third-order valence-electron chi connectivity index (χ3n) is 9.56. The summed E-state index contributed by atoms with van der Waals surface area (Å²) in [6.45, 7) is 5.41. The predicted molar refractivity (Wildman–Crippen MR) is 188 cm³/mol. The Morgan fingerprint density at radius 1 is 0.592 bits per heavy atom. The van der Waals surface area contributed by atoms with Crippen LogP contribution >= 0.6 is 11.3 Å². The lowest BCUT2D eigenvalue weighted by atomic mass is 10.0. The number of aromatic nitrogens is 6. The number of hydrogen-bond acceptors (Lipinski definition) is 9. The first-order valence-corrected chi connectivity index (χ1v) is 17.7. The number of hydrogen-bond donors (Lipinski definition) is 2. The standard InChI is InChI=1S/C36H38N10O2S/c47-33(37-27-15-19-43(20-16-27)23-25-9-3-1-4-10-25)31-35-45(41-39-31)29-13-7-8-14-30(29)46-36(49-35)32(40-42-46)34(48)38-28-17-21-44(22-18-28)24-26-11-5-2-6-12-26/h1-14,27-28H,15-24H2,(H,37,47)(H,38,48). The highest BCUT2D eigenvalue weighted by molar-refractivity contribution is 7.22. The van der Waals surface area contributed by atoms with E-state index in [0.717, 1.165) is 65.0 Å². The van der Waals surface area contributed by atoms with Crippen LogP contribution in [-0.2, 0) is 13.1 Å². The van der Waals surface area contributed by atoms with E-state index in [9.17, 15) is 9.59 Å². The van der Waals surface area contributed by atoms with Crippen molar-refractivity contribution < 1.29 is 9.59 Å². The molecule has 0 unspecified atom stereocenters. The molecule has 0 aliphatic carbocycles. The molecular formula is C36H38N10O2S. The van der Waals surface area contributed by atoms with Crippen molar-refractivity contribution in [2.45, 2.75) is 50.9 Å². The minimum Gasteiger partial charge on any atom is -0.348 e. The van der Waals surface area contributed by atoms with Gasteiger partial charge in [0.2, 0.25) is 0 Å². The molecule has 2 N–H and O–H groups in total. The summed E-state index contributed by atoms with van der Waals surface area (Å²) in [4.78, 5) is 33.4. The van der Waals surface area contributed by atoms with Gasteiger partial charge >= 0.3 is 0 Å². The van der Waals surface area contributed by atoms with Crippen LogP contribution in [0.5, 0.6) is 0 Å². The zero-order valence-corrected chi connectivity index (χ0v) is 27.9. The minimum absolute atomic E-state index is 0.0348. The highest BCUT2D eigenvalue weighted by Gasteiger charge is 2.27. The first-order valence-electron chi connectivity index (χ1n) is 16.9. The van der Waals surface area contributed by atoms with E-state index in [0.29, 0.717) is 20.7 Å². The minimum atomic E-state index is -0.276. The molecule has 8 rings (SSSR count). The fraction of sp³-hybridized carbons (Fsp3) is 0.333. The van der Waals surface area contributed by atoms with Gasteiger partial charge < -0.3 is 10.6 Å². The van der Waals surface area contributed by atoms with E-state index in [2.05, 4.69) is 89.6 Å². The smallest absolute Gasteiger partial charge is 0.275 e. The van der Waals surface area contributed by atoms with Gasteiger partial charge in [0.05, 0.1) is 11.0 Å². The Hall–Kier alpha value is -4.98. The largest absolute Gasteiger partial charge is 0.348 e. The van der Waals surface area contributed by atoms with Gasteiger partial charge in [0.15, 0.2) is 21.0 Å². The number of nitrogens with one attached hydrogen (secondary N) is 2. The van der Waals surface area contributed by atoms with Crippen molar-refractivity contribution in [3.05, 3.63) is 107 Å². The molecule has 0 atom stereocenters. The molecular weight excluding hydrogens is 637 g/mol. The third kappa shape index (κ3) is 6.69. The van der Waals surface area contributed by atoms with Gasteiger partial charge in [-0.15, -0.1) is 10.2 Å². The van der Waals surface area contributed by atoms with Crippen molar-refractivity contribution in [1.29, 1.82) is 0 Å². The molecule has 49 heavy (non-hydrogen) atoms. The number of carbonyl (C=O) groups is 2. The van der Waals surface area contributed by atoms with E-state index in [1.54, 1.807) is 9.03 Å². The van der Waals surface area contributed by atoms with Crippen LogP contribution in [0.3, 0.4) is 0 Å². The fourth-order valence-electron chi connectivity index (χ4n) is 6.91. The summed E-state index contributed by atoms with van der Waals surface area (Å²) in [6.07, 6.45) is 3.41. The fourth-order valence-corrected chi connectivity index (χ4v) is 7.99. The number of fused-ring (bicyclic) bond motifs is 5. The molecule has 0 saturated carbocycles. The molecule has 2 aliphatic heterocycles. The predicted octanol–water partition coefficient (Wildman–Crippen LogP) is 4.34. The first-order chi connectivity index (χ1) is 24.1. The van der Waals surface area contributed by atoms with Gasteiger partial charge in [-0.1, -0.05) is 94.6 Å². The van der Waals surface area contributed by atoms with Crippen LogP contribution in [0.2, 0.25) is 0 Å². The molecule has 2 fully saturated rings. The Balaban J connectivity index is 1.01. The Kier molecular flexibility index (Phi) is 8.86. The highest BCUT2D eigenvalue weighted by Crippen LogP contribution is 2.26. The van der Waals surface area contributed by atoms with Crippen molar-refractivity contribution in [3.8, 4) is 0 Å². The van der Waals surface area contributed by atoms with Gasteiger partial charge in [-0.2, -0.15) is 0 Å². The van der Waals surface area contributed by atoms with Crippen molar-refractivity contribution >= 4 is 43.8 Å². The van der Waals surface area contributed by atoms with Gasteiger partial charge in [-0.05, 0) is 48.9 Å². The SMILES string of the molecule is O=C(NC1CCN(Cc2ccccc2)CC1)c1nnn2c1sc1c(C(=O)NC3CCN(Cc4ccccc4)CC3)nnn1c1ccccc12. The van der Waals surface area contributed by atoms with E-state index >= 15 is 0 Å². The maximum absolute atomic E-state index is 13.7. The topological polar surface area (TPSA) is 125 Å². The van der Waals surface area contributed by atoms with E-state index in [-0.39, 0.29) is 35.3 Å². The molecule has 12 nitrogen and oxygen atoms in total. The summed E-state index contributed by atoms with van der Waals surface area (Å²) in [6, 6.07) is 28.6. The van der Waals surface area contributed by atoms with Crippen molar-refractivity contribution in [2.75, 3.05) is 26.2 Å². The number of carbonyl (C=O) groups excluding carboxylic acids is 2. The first kappa shape index (κ1) is 31.3. The average Bonchev–Trinajstić information content (AvgIpc) is 3.73. The summed E-state index contributed by atoms with van der Waals surface area (Å²) in [5.74, 6) is -0.552. The number of nitrogens with zero attached hydrogens (tertiary/aromatic N) is 8. The van der Waals surface area contributed by atoms with Crippen LogP contribution in [0.15, 0.2) is 84.9 Å². The molecule has 250 valence electrons. The molecule has 6 aromatic rings. The Bertz CT molecular complexity index is 1960. The second-order valence-electron chi connectivity index (χ2n) is 12.9. The number of benzene rings is 3. The molecule has 2 amide bonds. The van der Waals surface area contributed by atoms with Crippen LogP contribution in [0.25, 0.3) is 20.7 Å². The van der Waals surface area contributed by atoms with E-state index in [4.69, 9.17) is 0 Å². The Morgan fingerprint density at radius 3 is 1.39 bits per heavy atom. The lowest BCUT2D eigenvalue weighted by Crippen LogP contribution is -2.44. The number of piperidine rings is 2. The van der Waals surface area contributed by atoms with Gasteiger partial charge in [0.25, 0.3) is 11.8 Å². The van der Waals surface area contributed by atoms with Crippen LogP contribution in [0.4, 0.5) is 0 Å². The molecule has 3 aromatic carbocycles. The van der Waals surface area contributed by atoms with Gasteiger partial charge in [-0.3, -0.25) is 19.4 Å². The average molecular weight is 675 g/mol. The van der Waals surface area contributed by atoms with Crippen molar-refractivity contribution in [3.63, 3.8) is 0 Å². The summed E-state index contributed by atoms with van der Waals surface area (Å²) in [5.41, 5.74) is 4.43. The molecule has 5 heterocycles. The highest BCUT2D eigenvalue weighted by atomic mass is 32.1. The Morgan fingerprint density at radius 2 is 0.980 bits per heavy atom. The summed E-state index contributed by atoms with van der Waals surface area (Å²) in [7, 11) is 0. The number of amides is 2. The molecule has 3 aromatic heterocycles. The monoisotopic (exact) mass is 674 g/mol. The lowest BCUT2D eigenvalue weighted by molar-refractivity contribution is 0.0897. The van der Waals surface area contributed by atoms with Crippen molar-refractivity contribution in [1.82, 2.24) is 50.1 Å². The normalized spacial score (nSPS) is 16.7. The number of rotatable bonds is 8. The van der Waals surface area contributed by atoms with Crippen LogP contribution in [0.1, 0.15) is 57.8 Å². The van der Waals surface area contributed by atoms with Gasteiger partial charge in [0.1, 0.15) is 0 Å². The molecule has 0 spiro atoms. The summed E-state index contributed by atoms with van der Waals surface area (Å²) < 4.78 is 3.33. The van der Waals surface area contributed by atoms with Crippen LogP contribution in [0, 0.1) is 0 Å². The lowest BCUT2D eigenvalue weighted by Gasteiger charge is -2.32. The summed E-state index contributed by atoms with van der Waals surface area (Å²) >= 11 is 1.25. The van der Waals surface area contributed by atoms with E-state index < -0.39 is 0 Å². The molecule has 2 saturated heterocycles. The molecule has 13 heteroatoms. The van der Waals surface area contributed by atoms with Crippen LogP contribution in [-0.4, -0.2) is 89.5 Å². The maximum atomic E-state index is 13.7. The van der Waals surface area contributed by atoms with Crippen molar-refractivity contribution in [2.24, 2.45) is 0 Å². The number of likely N-dealkylation sites (tertiary alicyclic amines) is 2. The van der Waals surface area contributed by atoms with E-state index in [1.165, 1.54) is 22.5 Å². The van der Waals surface area contributed by atoms with E-state index in [1.807, 2.05) is 36.4 Å². The molecule has 0 radical (unpaired) electrons. The van der Waals surface area contributed by atoms with Gasteiger partial charge in [0, 0.05) is 51.4 Å².